The van der Waals surface area contributed by atoms with Gasteiger partial charge in [0.2, 0.25) is 0 Å². The van der Waals surface area contributed by atoms with Crippen LogP contribution in [0.1, 0.15) is 24.8 Å². The van der Waals surface area contributed by atoms with Crippen molar-refractivity contribution in [1.29, 1.82) is 0 Å². The number of nitrogens with zero attached hydrogens (tertiary/aromatic N) is 2. The van der Waals surface area contributed by atoms with Crippen LogP contribution in [0.3, 0.4) is 0 Å². The molecule has 1 atom stereocenters. The summed E-state index contributed by atoms with van der Waals surface area (Å²) in [6, 6.07) is 9.86. The second kappa shape index (κ2) is 7.62. The quantitative estimate of drug-likeness (QED) is 0.831. The highest BCUT2D eigenvalue weighted by Crippen LogP contribution is 2.34. The lowest BCUT2D eigenvalue weighted by Crippen LogP contribution is -2.62. The van der Waals surface area contributed by atoms with Crippen LogP contribution in [-0.2, 0) is 16.1 Å². The maximum absolute atomic E-state index is 12.8. The number of carboxylic acid groups (broad SMARTS) is 1. The second-order valence-electron chi connectivity index (χ2n) is 6.72. The van der Waals surface area contributed by atoms with E-state index >= 15 is 0 Å². The van der Waals surface area contributed by atoms with E-state index in [4.69, 9.17) is 21.4 Å². The number of alkyl halides is 1. The topological polar surface area (TPSA) is 70.1 Å². The number of piperidine rings is 1. The van der Waals surface area contributed by atoms with Crippen molar-refractivity contribution in [2.45, 2.75) is 37.5 Å². The molecule has 2 amide bonds. The number of hydrogen-bond donors (Lipinski definition) is 1. The number of carbonyl (C=O) groups excluding carboxylic acids is 1. The minimum Gasteiger partial charge on any atom is -0.465 e. The zero-order chi connectivity index (χ0) is 17.9. The van der Waals surface area contributed by atoms with Gasteiger partial charge in [0.25, 0.3) is 5.91 Å². The summed E-state index contributed by atoms with van der Waals surface area (Å²) in [5, 5.41) is 9.15. The summed E-state index contributed by atoms with van der Waals surface area (Å²) in [7, 11) is 0. The van der Waals surface area contributed by atoms with Crippen molar-refractivity contribution in [1.82, 2.24) is 9.80 Å². The van der Waals surface area contributed by atoms with Crippen LogP contribution in [0.15, 0.2) is 30.3 Å². The molecule has 6 nitrogen and oxygen atoms in total. The summed E-state index contributed by atoms with van der Waals surface area (Å²) in [6.45, 7) is 1.88. The largest absolute Gasteiger partial charge is 0.465 e. The van der Waals surface area contributed by atoms with Gasteiger partial charge in [-0.05, 0) is 24.8 Å². The Balaban J connectivity index is 1.76. The first-order valence-corrected chi connectivity index (χ1v) is 9.11. The van der Waals surface area contributed by atoms with Gasteiger partial charge in [0.05, 0.1) is 12.1 Å². The molecule has 1 aromatic carbocycles. The van der Waals surface area contributed by atoms with Gasteiger partial charge >= 0.3 is 6.09 Å². The van der Waals surface area contributed by atoms with Gasteiger partial charge in [0.15, 0.2) is 0 Å². The Bertz CT molecular complexity index is 617. The monoisotopic (exact) mass is 366 g/mol. The molecule has 0 aliphatic carbocycles. The van der Waals surface area contributed by atoms with Gasteiger partial charge in [0.1, 0.15) is 6.10 Å². The molecule has 2 aliphatic heterocycles. The Kier molecular flexibility index (Phi) is 5.49. The number of halogens is 1. The van der Waals surface area contributed by atoms with Crippen LogP contribution in [0, 0.1) is 0 Å². The van der Waals surface area contributed by atoms with Crippen molar-refractivity contribution >= 4 is 23.6 Å². The molecular weight excluding hydrogens is 344 g/mol. The lowest BCUT2D eigenvalue weighted by Gasteiger charge is -2.49. The highest BCUT2D eigenvalue weighted by Gasteiger charge is 2.46. The third kappa shape index (κ3) is 4.07. The fourth-order valence-corrected chi connectivity index (χ4v) is 3.82. The lowest BCUT2D eigenvalue weighted by molar-refractivity contribution is -0.193. The third-order valence-corrected chi connectivity index (χ3v) is 5.21. The number of carbonyl (C=O) groups is 2. The maximum Gasteiger partial charge on any atom is 0.407 e. The summed E-state index contributed by atoms with van der Waals surface area (Å²) in [5.74, 6) is 0.322. The fourth-order valence-electron chi connectivity index (χ4n) is 3.62. The Morgan fingerprint density at radius 1 is 1.28 bits per heavy atom. The Hall–Kier alpha value is -1.79. The smallest absolute Gasteiger partial charge is 0.407 e. The van der Waals surface area contributed by atoms with Crippen LogP contribution in [0.25, 0.3) is 0 Å². The van der Waals surface area contributed by atoms with Crippen molar-refractivity contribution in [3.8, 4) is 0 Å². The van der Waals surface area contributed by atoms with Crippen LogP contribution in [0.4, 0.5) is 4.79 Å². The first kappa shape index (κ1) is 18.0. The van der Waals surface area contributed by atoms with Gasteiger partial charge in [-0.15, -0.1) is 11.6 Å². The number of morpholine rings is 1. The van der Waals surface area contributed by atoms with Crippen molar-refractivity contribution in [3.05, 3.63) is 35.9 Å². The molecule has 3 rings (SSSR count). The highest BCUT2D eigenvalue weighted by molar-refractivity contribution is 6.18. The number of likely N-dealkylation sites (tertiary alicyclic amines) is 1. The molecule has 7 heteroatoms. The van der Waals surface area contributed by atoms with E-state index in [0.717, 1.165) is 5.56 Å². The van der Waals surface area contributed by atoms with E-state index in [9.17, 15) is 9.59 Å². The van der Waals surface area contributed by atoms with Crippen LogP contribution in [-0.4, -0.2) is 64.1 Å². The van der Waals surface area contributed by atoms with Crippen molar-refractivity contribution in [3.63, 3.8) is 0 Å². The molecular formula is C18H23ClN2O4. The molecule has 1 spiro atoms. The minimum atomic E-state index is -0.903. The molecule has 2 fully saturated rings. The standard InChI is InChI=1S/C18H23ClN2O4/c19-9-6-15-16(22)21(12-14-4-2-1-3-5-14)13-18(25-15)7-10-20(11-8-18)17(23)24/h1-5,15H,6-13H2,(H,23,24). The molecule has 1 N–H and O–H groups in total. The van der Waals surface area contributed by atoms with Gasteiger partial charge in [-0.25, -0.2) is 4.79 Å². The molecule has 0 radical (unpaired) electrons. The summed E-state index contributed by atoms with van der Waals surface area (Å²) in [5.41, 5.74) is 0.589. The molecule has 0 aromatic heterocycles. The van der Waals surface area contributed by atoms with E-state index in [1.54, 1.807) is 0 Å². The van der Waals surface area contributed by atoms with Gasteiger partial charge in [-0.2, -0.15) is 0 Å². The predicted octanol–water partition coefficient (Wildman–Crippen LogP) is 2.56. The number of ether oxygens (including phenoxy) is 1. The molecule has 0 bridgehead atoms. The van der Waals surface area contributed by atoms with Crippen LogP contribution in [0.5, 0.6) is 0 Å². The van der Waals surface area contributed by atoms with Crippen molar-refractivity contribution in [2.24, 2.45) is 0 Å². The Morgan fingerprint density at radius 2 is 1.96 bits per heavy atom. The number of hydrogen-bond acceptors (Lipinski definition) is 3. The summed E-state index contributed by atoms with van der Waals surface area (Å²) < 4.78 is 6.17. The van der Waals surface area contributed by atoms with Crippen LogP contribution < -0.4 is 0 Å². The van der Waals surface area contributed by atoms with Crippen molar-refractivity contribution < 1.29 is 19.4 Å². The number of benzene rings is 1. The summed E-state index contributed by atoms with van der Waals surface area (Å²) in [4.78, 5) is 27.2. The molecule has 2 heterocycles. The van der Waals surface area contributed by atoms with Gasteiger partial charge in [0, 0.05) is 25.5 Å². The molecule has 1 aromatic rings. The Labute approximate surface area is 152 Å². The fraction of sp³-hybridized carbons (Fsp3) is 0.556. The normalized spacial score (nSPS) is 23.1. The first-order chi connectivity index (χ1) is 12.0. The zero-order valence-corrected chi connectivity index (χ0v) is 14.8. The highest BCUT2D eigenvalue weighted by atomic mass is 35.5. The number of rotatable bonds is 4. The van der Waals surface area contributed by atoms with E-state index in [1.807, 2.05) is 35.2 Å². The minimum absolute atomic E-state index is 0.0317. The predicted molar refractivity (Wildman–Crippen MR) is 93.6 cm³/mol. The van der Waals surface area contributed by atoms with E-state index in [-0.39, 0.29) is 5.91 Å². The molecule has 136 valence electrons. The summed E-state index contributed by atoms with van der Waals surface area (Å²) in [6.07, 6.45) is 0.204. The van der Waals surface area contributed by atoms with Gasteiger partial charge in [-0.1, -0.05) is 30.3 Å². The average Bonchev–Trinajstić information content (AvgIpc) is 2.61. The number of amides is 2. The van der Waals surface area contributed by atoms with Gasteiger partial charge in [-0.3, -0.25) is 4.79 Å². The van der Waals surface area contributed by atoms with Crippen LogP contribution in [0.2, 0.25) is 0 Å². The molecule has 2 aliphatic rings. The molecule has 0 saturated carbocycles. The first-order valence-electron chi connectivity index (χ1n) is 8.57. The van der Waals surface area contributed by atoms with E-state index < -0.39 is 17.8 Å². The van der Waals surface area contributed by atoms with Crippen molar-refractivity contribution in [2.75, 3.05) is 25.5 Å². The van der Waals surface area contributed by atoms with Crippen LogP contribution >= 0.6 is 11.6 Å². The lowest BCUT2D eigenvalue weighted by atomic mass is 9.88. The van der Waals surface area contributed by atoms with Gasteiger partial charge < -0.3 is 19.6 Å². The third-order valence-electron chi connectivity index (χ3n) is 4.99. The molecule has 2 saturated heterocycles. The average molecular weight is 367 g/mol. The second-order valence-corrected chi connectivity index (χ2v) is 7.09. The maximum atomic E-state index is 12.8. The Morgan fingerprint density at radius 3 is 2.56 bits per heavy atom. The summed E-state index contributed by atoms with van der Waals surface area (Å²) >= 11 is 5.86. The molecule has 1 unspecified atom stereocenters. The zero-order valence-electron chi connectivity index (χ0n) is 14.1. The molecule has 25 heavy (non-hydrogen) atoms. The van der Waals surface area contributed by atoms with E-state index in [2.05, 4.69) is 0 Å². The van der Waals surface area contributed by atoms with E-state index in [1.165, 1.54) is 4.90 Å². The van der Waals surface area contributed by atoms with E-state index in [0.29, 0.717) is 51.3 Å². The SMILES string of the molecule is O=C(O)N1CCC2(CC1)CN(Cc1ccccc1)C(=O)C(CCCl)O2.